The lowest BCUT2D eigenvalue weighted by Gasteiger charge is -2.32. The van der Waals surface area contributed by atoms with Crippen LogP contribution >= 0.6 is 0 Å². The number of aliphatic hydroxyl groups is 1. The van der Waals surface area contributed by atoms with Crippen LogP contribution in [0.15, 0.2) is 18.3 Å². The van der Waals surface area contributed by atoms with Crippen molar-refractivity contribution in [3.05, 3.63) is 24.0 Å². The Morgan fingerprint density at radius 1 is 1.22 bits per heavy atom. The molecule has 0 amide bonds. The first-order valence-corrected chi connectivity index (χ1v) is 6.61. The van der Waals surface area contributed by atoms with E-state index in [1.54, 1.807) is 13.3 Å². The lowest BCUT2D eigenvalue weighted by Crippen LogP contribution is -2.31. The van der Waals surface area contributed by atoms with E-state index in [1.165, 1.54) is 0 Å². The van der Waals surface area contributed by atoms with Gasteiger partial charge in [-0.3, -0.25) is 4.98 Å². The third-order valence-electron chi connectivity index (χ3n) is 2.92. The molecule has 0 saturated carbocycles. The van der Waals surface area contributed by atoms with Crippen molar-refractivity contribution in [3.8, 4) is 5.75 Å². The number of hydrogen-bond donors (Lipinski definition) is 1. The van der Waals surface area contributed by atoms with Gasteiger partial charge in [-0.25, -0.2) is 0 Å². The largest absolute Gasteiger partial charge is 0.495 e. The molecule has 1 N–H and O–H groups in total. The number of methoxy groups -OCH3 is 1. The summed E-state index contributed by atoms with van der Waals surface area (Å²) < 4.78 is 5.33. The molecule has 1 aromatic heterocycles. The highest BCUT2D eigenvalue weighted by atomic mass is 16.5. The normalized spacial score (nSPS) is 12.2. The number of hydrogen-bond acceptors (Lipinski definition) is 3. The van der Waals surface area contributed by atoms with E-state index in [0.29, 0.717) is 36.1 Å². The van der Waals surface area contributed by atoms with Gasteiger partial charge in [-0.2, -0.15) is 0 Å². The van der Waals surface area contributed by atoms with Gasteiger partial charge < -0.3 is 9.84 Å². The molecular formula is C15H25NO2. The maximum atomic E-state index is 11.0. The molecule has 0 aromatic carbocycles. The van der Waals surface area contributed by atoms with Crippen molar-refractivity contribution in [2.75, 3.05) is 7.11 Å². The summed E-state index contributed by atoms with van der Waals surface area (Å²) in [5.74, 6) is 1.47. The number of nitrogens with zero attached hydrogens (tertiary/aromatic N) is 1. The highest BCUT2D eigenvalue weighted by molar-refractivity contribution is 5.31. The van der Waals surface area contributed by atoms with Crippen LogP contribution in [0.4, 0.5) is 0 Å². The van der Waals surface area contributed by atoms with Gasteiger partial charge >= 0.3 is 0 Å². The maximum Gasteiger partial charge on any atom is 0.143 e. The van der Waals surface area contributed by atoms with Crippen molar-refractivity contribution < 1.29 is 9.84 Å². The third-order valence-corrected chi connectivity index (χ3v) is 2.92. The summed E-state index contributed by atoms with van der Waals surface area (Å²) in [6.45, 7) is 8.45. The SMILES string of the molecule is COc1cccnc1C(O)(CC(C)C)CC(C)C. The van der Waals surface area contributed by atoms with E-state index in [-0.39, 0.29) is 0 Å². The summed E-state index contributed by atoms with van der Waals surface area (Å²) in [7, 11) is 1.62. The van der Waals surface area contributed by atoms with E-state index in [9.17, 15) is 5.11 Å². The molecule has 0 bridgehead atoms. The molecule has 0 spiro atoms. The first kappa shape index (κ1) is 15.0. The highest BCUT2D eigenvalue weighted by Gasteiger charge is 2.35. The van der Waals surface area contributed by atoms with Gasteiger partial charge in [0.05, 0.1) is 7.11 Å². The van der Waals surface area contributed by atoms with Crippen LogP contribution in [0.3, 0.4) is 0 Å². The Kier molecular flexibility index (Phi) is 5.15. The Morgan fingerprint density at radius 3 is 2.22 bits per heavy atom. The molecule has 102 valence electrons. The van der Waals surface area contributed by atoms with Crippen molar-refractivity contribution in [1.82, 2.24) is 4.98 Å². The molecular weight excluding hydrogens is 226 g/mol. The van der Waals surface area contributed by atoms with Gasteiger partial charge in [-0.05, 0) is 36.8 Å². The molecule has 3 nitrogen and oxygen atoms in total. The molecule has 1 heterocycles. The average Bonchev–Trinajstić information content (AvgIpc) is 2.26. The standard InChI is InChI=1S/C15H25NO2/c1-11(2)9-15(17,10-12(3)4)14-13(18-5)7-6-8-16-14/h6-8,11-12,17H,9-10H2,1-5H3. The highest BCUT2D eigenvalue weighted by Crippen LogP contribution is 2.37. The van der Waals surface area contributed by atoms with E-state index in [0.717, 1.165) is 0 Å². The molecule has 0 atom stereocenters. The lowest BCUT2D eigenvalue weighted by atomic mass is 9.82. The van der Waals surface area contributed by atoms with Crippen molar-refractivity contribution in [1.29, 1.82) is 0 Å². The minimum absolute atomic E-state index is 0.403. The predicted molar refractivity (Wildman–Crippen MR) is 73.6 cm³/mol. The Morgan fingerprint density at radius 2 is 1.78 bits per heavy atom. The molecule has 0 fully saturated rings. The zero-order valence-electron chi connectivity index (χ0n) is 12.1. The fourth-order valence-corrected chi connectivity index (χ4v) is 2.53. The van der Waals surface area contributed by atoms with Crippen LogP contribution in [0.5, 0.6) is 5.75 Å². The maximum absolute atomic E-state index is 11.0. The zero-order chi connectivity index (χ0) is 13.8. The second-order valence-electron chi connectivity index (χ2n) is 5.78. The fraction of sp³-hybridized carbons (Fsp3) is 0.667. The van der Waals surface area contributed by atoms with Gasteiger partial charge in [0.2, 0.25) is 0 Å². The van der Waals surface area contributed by atoms with Crippen molar-refractivity contribution in [3.63, 3.8) is 0 Å². The minimum Gasteiger partial charge on any atom is -0.495 e. The Hall–Kier alpha value is -1.09. The van der Waals surface area contributed by atoms with Crippen LogP contribution < -0.4 is 4.74 Å². The van der Waals surface area contributed by atoms with Gasteiger partial charge in [0.25, 0.3) is 0 Å². The summed E-state index contributed by atoms with van der Waals surface area (Å²) in [6.07, 6.45) is 3.10. The molecule has 0 saturated heterocycles. The molecule has 0 aliphatic heterocycles. The third kappa shape index (κ3) is 3.70. The number of pyridine rings is 1. The van der Waals surface area contributed by atoms with Crippen LogP contribution in [-0.4, -0.2) is 17.2 Å². The first-order valence-electron chi connectivity index (χ1n) is 6.61. The Balaban J connectivity index is 3.15. The Bertz CT molecular complexity index is 365. The zero-order valence-corrected chi connectivity index (χ0v) is 12.1. The molecule has 0 aliphatic rings. The molecule has 18 heavy (non-hydrogen) atoms. The van der Waals surface area contributed by atoms with Crippen LogP contribution in [0, 0.1) is 11.8 Å². The quantitative estimate of drug-likeness (QED) is 0.843. The van der Waals surface area contributed by atoms with E-state index in [4.69, 9.17) is 4.74 Å². The van der Waals surface area contributed by atoms with Crippen LogP contribution in [0.2, 0.25) is 0 Å². The molecule has 0 aliphatic carbocycles. The number of rotatable bonds is 6. The molecule has 1 rings (SSSR count). The molecule has 3 heteroatoms. The topological polar surface area (TPSA) is 42.4 Å². The summed E-state index contributed by atoms with van der Waals surface area (Å²) in [5.41, 5.74) is -0.246. The van der Waals surface area contributed by atoms with E-state index in [1.807, 2.05) is 12.1 Å². The lowest BCUT2D eigenvalue weighted by molar-refractivity contribution is -0.0105. The Labute approximate surface area is 110 Å². The van der Waals surface area contributed by atoms with Gasteiger partial charge in [-0.1, -0.05) is 27.7 Å². The number of aromatic nitrogens is 1. The summed E-state index contributed by atoms with van der Waals surface area (Å²) in [4.78, 5) is 4.35. The van der Waals surface area contributed by atoms with Crippen molar-refractivity contribution in [2.24, 2.45) is 11.8 Å². The summed E-state index contributed by atoms with van der Waals surface area (Å²) in [5, 5.41) is 11.0. The number of ether oxygens (including phenoxy) is 1. The second-order valence-corrected chi connectivity index (χ2v) is 5.78. The van der Waals surface area contributed by atoms with Gasteiger partial charge in [0, 0.05) is 6.20 Å². The van der Waals surface area contributed by atoms with Crippen molar-refractivity contribution in [2.45, 2.75) is 46.1 Å². The molecule has 0 radical (unpaired) electrons. The average molecular weight is 251 g/mol. The van der Waals surface area contributed by atoms with Crippen LogP contribution in [-0.2, 0) is 5.60 Å². The predicted octanol–water partition coefficient (Wildman–Crippen LogP) is 3.37. The van der Waals surface area contributed by atoms with Gasteiger partial charge in [0.1, 0.15) is 17.0 Å². The summed E-state index contributed by atoms with van der Waals surface area (Å²) >= 11 is 0. The van der Waals surface area contributed by atoms with Gasteiger partial charge in [-0.15, -0.1) is 0 Å². The van der Waals surface area contributed by atoms with E-state index >= 15 is 0 Å². The summed E-state index contributed by atoms with van der Waals surface area (Å²) in [6, 6.07) is 3.68. The van der Waals surface area contributed by atoms with Crippen LogP contribution in [0.25, 0.3) is 0 Å². The van der Waals surface area contributed by atoms with E-state index in [2.05, 4.69) is 32.7 Å². The molecule has 1 aromatic rings. The molecule has 0 unspecified atom stereocenters. The second kappa shape index (κ2) is 6.19. The van der Waals surface area contributed by atoms with Crippen molar-refractivity contribution >= 4 is 0 Å². The first-order chi connectivity index (χ1) is 8.39. The fourth-order valence-electron chi connectivity index (χ4n) is 2.53. The van der Waals surface area contributed by atoms with Crippen LogP contribution in [0.1, 0.15) is 46.2 Å². The smallest absolute Gasteiger partial charge is 0.143 e. The van der Waals surface area contributed by atoms with E-state index < -0.39 is 5.60 Å². The van der Waals surface area contributed by atoms with Gasteiger partial charge in [0.15, 0.2) is 0 Å². The minimum atomic E-state index is -0.908. The monoisotopic (exact) mass is 251 g/mol.